The van der Waals surface area contributed by atoms with Crippen molar-refractivity contribution in [3.63, 3.8) is 0 Å². The van der Waals surface area contributed by atoms with Crippen molar-refractivity contribution < 1.29 is 9.90 Å². The first-order valence-electron chi connectivity index (χ1n) is 6.67. The molecule has 0 amide bonds. The molecule has 0 radical (unpaired) electrons. The molecule has 1 aromatic rings. The second-order valence-electron chi connectivity index (χ2n) is 5.34. The van der Waals surface area contributed by atoms with Crippen molar-refractivity contribution in [2.24, 2.45) is 5.73 Å². The lowest BCUT2D eigenvalue weighted by molar-refractivity contribution is -0.122. The van der Waals surface area contributed by atoms with Crippen LogP contribution >= 0.6 is 0 Å². The normalized spacial score (nSPS) is 17.4. The van der Waals surface area contributed by atoms with Crippen LogP contribution in [0.15, 0.2) is 30.3 Å². The fourth-order valence-corrected chi connectivity index (χ4v) is 2.56. The summed E-state index contributed by atoms with van der Waals surface area (Å²) in [7, 11) is 0. The molecule has 0 bridgehead atoms. The van der Waals surface area contributed by atoms with Gasteiger partial charge in [-0.15, -0.1) is 0 Å². The van der Waals surface area contributed by atoms with Crippen LogP contribution in [0.4, 0.5) is 0 Å². The van der Waals surface area contributed by atoms with Gasteiger partial charge in [0.2, 0.25) is 0 Å². The first kappa shape index (κ1) is 15.7. The summed E-state index contributed by atoms with van der Waals surface area (Å²) < 4.78 is 0. The van der Waals surface area contributed by atoms with Crippen LogP contribution in [0.2, 0.25) is 0 Å². The van der Waals surface area contributed by atoms with E-state index in [2.05, 4.69) is 43.0 Å². The maximum absolute atomic E-state index is 8.36. The molecule has 106 valence electrons. The number of hydrogen-bond donors (Lipinski definition) is 2. The van der Waals surface area contributed by atoms with E-state index in [1.165, 1.54) is 31.5 Å². The van der Waals surface area contributed by atoms with Gasteiger partial charge in [0.15, 0.2) is 0 Å². The summed E-state index contributed by atoms with van der Waals surface area (Å²) in [6.45, 7) is 6.65. The highest BCUT2D eigenvalue weighted by molar-refractivity contribution is 5.32. The summed E-state index contributed by atoms with van der Waals surface area (Å²) in [6, 6.07) is 10.5. The molecule has 1 unspecified atom stereocenters. The van der Waals surface area contributed by atoms with Gasteiger partial charge in [-0.25, -0.2) is 0 Å². The Morgan fingerprint density at radius 1 is 1.26 bits per heavy atom. The van der Waals surface area contributed by atoms with Crippen LogP contribution in [0.3, 0.4) is 0 Å². The third-order valence-electron chi connectivity index (χ3n) is 3.84. The molecule has 4 nitrogen and oxygen atoms in total. The van der Waals surface area contributed by atoms with Gasteiger partial charge in [0.25, 0.3) is 6.47 Å². The lowest BCUT2D eigenvalue weighted by atomic mass is 9.88. The smallest absolute Gasteiger partial charge is 0.290 e. The Labute approximate surface area is 115 Å². The number of likely N-dealkylation sites (tertiary alicyclic amines) is 1. The minimum absolute atomic E-state index is 0.0534. The monoisotopic (exact) mass is 264 g/mol. The van der Waals surface area contributed by atoms with Crippen molar-refractivity contribution in [2.45, 2.75) is 38.3 Å². The predicted octanol–water partition coefficient (Wildman–Crippen LogP) is 2.26. The van der Waals surface area contributed by atoms with E-state index in [1.54, 1.807) is 0 Å². The van der Waals surface area contributed by atoms with Crippen LogP contribution in [-0.2, 0) is 4.79 Å². The molecule has 1 aliphatic rings. The van der Waals surface area contributed by atoms with Crippen molar-refractivity contribution in [1.29, 1.82) is 0 Å². The number of carboxylic acid groups (broad SMARTS) is 1. The zero-order chi connectivity index (χ0) is 14.3. The molecule has 1 atom stereocenters. The fraction of sp³-hybridized carbons (Fsp3) is 0.533. The molecule has 1 aliphatic heterocycles. The molecule has 1 fully saturated rings. The van der Waals surface area contributed by atoms with E-state index in [0.717, 1.165) is 0 Å². The summed E-state index contributed by atoms with van der Waals surface area (Å²) >= 11 is 0. The van der Waals surface area contributed by atoms with Crippen LogP contribution in [-0.4, -0.2) is 35.1 Å². The van der Waals surface area contributed by atoms with Crippen molar-refractivity contribution in [3.8, 4) is 0 Å². The fourth-order valence-electron chi connectivity index (χ4n) is 2.56. The molecule has 0 saturated carbocycles. The van der Waals surface area contributed by atoms with E-state index in [-0.39, 0.29) is 18.1 Å². The van der Waals surface area contributed by atoms with Crippen LogP contribution in [0.25, 0.3) is 0 Å². The van der Waals surface area contributed by atoms with Crippen molar-refractivity contribution in [1.82, 2.24) is 4.90 Å². The number of hydrogen-bond acceptors (Lipinski definition) is 3. The standard InChI is InChI=1S/C14H22N2.CH2O2/c1-14(2,16-10-6-7-11-16)13(15)12-8-4-3-5-9-12;2-1-3/h3-5,8-9,13H,6-7,10-11,15H2,1-2H3;1H,(H,2,3). The average molecular weight is 264 g/mol. The summed E-state index contributed by atoms with van der Waals surface area (Å²) in [5.74, 6) is 0. The van der Waals surface area contributed by atoms with E-state index in [9.17, 15) is 0 Å². The van der Waals surface area contributed by atoms with Gasteiger partial charge in [-0.05, 0) is 45.3 Å². The highest BCUT2D eigenvalue weighted by Gasteiger charge is 2.35. The third-order valence-corrected chi connectivity index (χ3v) is 3.84. The largest absolute Gasteiger partial charge is 0.483 e. The van der Waals surface area contributed by atoms with E-state index in [1.807, 2.05) is 6.07 Å². The lowest BCUT2D eigenvalue weighted by Gasteiger charge is -2.40. The third kappa shape index (κ3) is 4.04. The Bertz CT molecular complexity index is 373. The Kier molecular flexibility index (Phi) is 5.99. The number of benzene rings is 1. The zero-order valence-electron chi connectivity index (χ0n) is 11.7. The van der Waals surface area contributed by atoms with Gasteiger partial charge in [0.05, 0.1) is 0 Å². The van der Waals surface area contributed by atoms with Gasteiger partial charge in [0.1, 0.15) is 0 Å². The van der Waals surface area contributed by atoms with E-state index in [4.69, 9.17) is 15.6 Å². The molecule has 1 heterocycles. The molecule has 4 heteroatoms. The number of nitrogens with zero attached hydrogens (tertiary/aromatic N) is 1. The van der Waals surface area contributed by atoms with Gasteiger partial charge in [-0.3, -0.25) is 9.69 Å². The van der Waals surface area contributed by atoms with E-state index in [0.29, 0.717) is 0 Å². The van der Waals surface area contributed by atoms with Crippen molar-refractivity contribution in [3.05, 3.63) is 35.9 Å². The zero-order valence-corrected chi connectivity index (χ0v) is 11.7. The van der Waals surface area contributed by atoms with Gasteiger partial charge in [0, 0.05) is 11.6 Å². The maximum atomic E-state index is 8.36. The number of rotatable bonds is 3. The van der Waals surface area contributed by atoms with E-state index < -0.39 is 0 Å². The maximum Gasteiger partial charge on any atom is 0.290 e. The van der Waals surface area contributed by atoms with Gasteiger partial charge in [-0.2, -0.15) is 0 Å². The van der Waals surface area contributed by atoms with Crippen molar-refractivity contribution in [2.75, 3.05) is 13.1 Å². The molecule has 0 spiro atoms. The topological polar surface area (TPSA) is 66.6 Å². The van der Waals surface area contributed by atoms with Crippen LogP contribution in [0, 0.1) is 0 Å². The average Bonchev–Trinajstić information content (AvgIpc) is 2.94. The molecule has 0 aliphatic carbocycles. The summed E-state index contributed by atoms with van der Waals surface area (Å²) in [5.41, 5.74) is 7.70. The van der Waals surface area contributed by atoms with Crippen molar-refractivity contribution >= 4 is 6.47 Å². The molecule has 2 rings (SSSR count). The summed E-state index contributed by atoms with van der Waals surface area (Å²) in [5, 5.41) is 6.89. The van der Waals surface area contributed by atoms with Crippen LogP contribution in [0.5, 0.6) is 0 Å². The molecule has 1 saturated heterocycles. The molecule has 19 heavy (non-hydrogen) atoms. The molecular weight excluding hydrogens is 240 g/mol. The second-order valence-corrected chi connectivity index (χ2v) is 5.34. The van der Waals surface area contributed by atoms with Gasteiger partial charge in [-0.1, -0.05) is 30.3 Å². The first-order chi connectivity index (χ1) is 9.04. The van der Waals surface area contributed by atoms with E-state index >= 15 is 0 Å². The summed E-state index contributed by atoms with van der Waals surface area (Å²) in [4.78, 5) is 10.9. The summed E-state index contributed by atoms with van der Waals surface area (Å²) in [6.07, 6.45) is 2.62. The van der Waals surface area contributed by atoms with Gasteiger partial charge >= 0.3 is 0 Å². The predicted molar refractivity (Wildman–Crippen MR) is 76.9 cm³/mol. The Morgan fingerprint density at radius 2 is 1.74 bits per heavy atom. The minimum atomic E-state index is -0.250. The highest BCUT2D eigenvalue weighted by Crippen LogP contribution is 2.31. The minimum Gasteiger partial charge on any atom is -0.483 e. The molecule has 3 N–H and O–H groups in total. The van der Waals surface area contributed by atoms with Crippen LogP contribution in [0.1, 0.15) is 38.3 Å². The molecule has 1 aromatic carbocycles. The lowest BCUT2D eigenvalue weighted by Crippen LogP contribution is -2.49. The second kappa shape index (κ2) is 7.26. The Balaban J connectivity index is 0.000000550. The number of nitrogens with two attached hydrogens (primary N) is 1. The first-order valence-corrected chi connectivity index (χ1v) is 6.67. The quantitative estimate of drug-likeness (QED) is 0.822. The number of carbonyl (C=O) groups is 1. The SMILES string of the molecule is CC(C)(C(N)c1ccccc1)N1CCCC1.O=CO. The Hall–Kier alpha value is -1.39. The van der Waals surface area contributed by atoms with Gasteiger partial charge < -0.3 is 10.8 Å². The molecular formula is C15H24N2O2. The molecule has 0 aromatic heterocycles. The Morgan fingerprint density at radius 3 is 2.21 bits per heavy atom. The van der Waals surface area contributed by atoms with Crippen LogP contribution < -0.4 is 5.73 Å². The highest BCUT2D eigenvalue weighted by atomic mass is 16.3.